The highest BCUT2D eigenvalue weighted by atomic mass is 32.1. The van der Waals surface area contributed by atoms with Gasteiger partial charge < -0.3 is 10.0 Å². The van der Waals surface area contributed by atoms with E-state index < -0.39 is 5.72 Å². The van der Waals surface area contributed by atoms with Gasteiger partial charge in [-0.1, -0.05) is 18.2 Å². The number of nitrogens with zero attached hydrogens (tertiary/aromatic N) is 1. The summed E-state index contributed by atoms with van der Waals surface area (Å²) in [5.41, 5.74) is 1.01. The average molecular weight is 259 g/mol. The predicted molar refractivity (Wildman–Crippen MR) is 70.6 cm³/mol. The molecule has 4 heteroatoms. The first-order valence-corrected chi connectivity index (χ1v) is 6.59. The first-order chi connectivity index (χ1) is 8.55. The highest BCUT2D eigenvalue weighted by molar-refractivity contribution is 7.10. The van der Waals surface area contributed by atoms with E-state index in [1.54, 1.807) is 13.1 Å². The predicted octanol–water partition coefficient (Wildman–Crippen LogP) is 2.34. The number of benzene rings is 1. The smallest absolute Gasteiger partial charge is 0.256 e. The molecule has 3 nitrogen and oxygen atoms in total. The molecule has 1 aromatic heterocycles. The van der Waals surface area contributed by atoms with Crippen molar-refractivity contribution >= 4 is 17.2 Å². The van der Waals surface area contributed by atoms with Crippen LogP contribution in [0.5, 0.6) is 0 Å². The van der Waals surface area contributed by atoms with Crippen LogP contribution in [0, 0.1) is 6.92 Å². The minimum atomic E-state index is -1.33. The Labute approximate surface area is 109 Å². The molecule has 1 N–H and O–H groups in total. The molecule has 1 amide bonds. The molecule has 1 aliphatic heterocycles. The molecule has 1 unspecified atom stereocenters. The van der Waals surface area contributed by atoms with Gasteiger partial charge in [-0.25, -0.2) is 0 Å². The third kappa shape index (κ3) is 1.30. The zero-order valence-electron chi connectivity index (χ0n) is 10.2. The van der Waals surface area contributed by atoms with Gasteiger partial charge in [-0.3, -0.25) is 4.79 Å². The largest absolute Gasteiger partial charge is 0.362 e. The van der Waals surface area contributed by atoms with Crippen LogP contribution in [-0.4, -0.2) is 23.0 Å². The van der Waals surface area contributed by atoms with Crippen molar-refractivity contribution in [1.82, 2.24) is 4.90 Å². The highest BCUT2D eigenvalue weighted by Gasteiger charge is 2.48. The van der Waals surface area contributed by atoms with E-state index >= 15 is 0 Å². The van der Waals surface area contributed by atoms with Gasteiger partial charge in [-0.05, 0) is 30.0 Å². The Morgan fingerprint density at radius 2 is 2.06 bits per heavy atom. The van der Waals surface area contributed by atoms with E-state index in [1.165, 1.54) is 16.2 Å². The van der Waals surface area contributed by atoms with Gasteiger partial charge in [0.25, 0.3) is 5.91 Å². The molecular weight excluding hydrogens is 246 g/mol. The van der Waals surface area contributed by atoms with Crippen LogP contribution in [0.15, 0.2) is 35.7 Å². The fourth-order valence-electron chi connectivity index (χ4n) is 2.39. The van der Waals surface area contributed by atoms with Gasteiger partial charge in [0.15, 0.2) is 0 Å². The Morgan fingerprint density at radius 1 is 1.33 bits per heavy atom. The molecule has 18 heavy (non-hydrogen) atoms. The molecule has 92 valence electrons. The molecule has 2 aromatic rings. The minimum Gasteiger partial charge on any atom is -0.362 e. The number of thiophene rings is 1. The molecule has 0 spiro atoms. The SMILES string of the molecule is Cc1csc(C2(O)c3ccccc3C(=O)N2C)c1. The number of aliphatic hydroxyl groups is 1. The Hall–Kier alpha value is -1.65. The van der Waals surface area contributed by atoms with Crippen LogP contribution in [0.25, 0.3) is 0 Å². The van der Waals surface area contributed by atoms with E-state index in [4.69, 9.17) is 0 Å². The maximum atomic E-state index is 12.2. The normalized spacial score (nSPS) is 22.4. The van der Waals surface area contributed by atoms with Crippen LogP contribution in [0.3, 0.4) is 0 Å². The molecule has 0 saturated carbocycles. The van der Waals surface area contributed by atoms with Crippen LogP contribution in [-0.2, 0) is 5.72 Å². The lowest BCUT2D eigenvalue weighted by Crippen LogP contribution is -2.41. The van der Waals surface area contributed by atoms with Crippen molar-refractivity contribution in [3.63, 3.8) is 0 Å². The van der Waals surface area contributed by atoms with Gasteiger partial charge in [-0.15, -0.1) is 11.3 Å². The van der Waals surface area contributed by atoms with Gasteiger partial charge >= 0.3 is 0 Å². The number of hydrogen-bond donors (Lipinski definition) is 1. The minimum absolute atomic E-state index is 0.140. The number of carbonyl (C=O) groups excluding carboxylic acids is 1. The van der Waals surface area contributed by atoms with Gasteiger partial charge in [-0.2, -0.15) is 0 Å². The summed E-state index contributed by atoms with van der Waals surface area (Å²) >= 11 is 1.47. The molecule has 1 aliphatic rings. The van der Waals surface area contributed by atoms with Gasteiger partial charge in [0, 0.05) is 18.2 Å². The molecule has 0 bridgehead atoms. The third-order valence-electron chi connectivity index (χ3n) is 3.40. The fourth-order valence-corrected chi connectivity index (χ4v) is 3.44. The van der Waals surface area contributed by atoms with Crippen LogP contribution in [0.1, 0.15) is 26.4 Å². The molecule has 0 saturated heterocycles. The van der Waals surface area contributed by atoms with Crippen molar-refractivity contribution in [1.29, 1.82) is 0 Å². The Bertz CT molecular complexity index is 634. The molecule has 3 rings (SSSR count). The van der Waals surface area contributed by atoms with E-state index in [2.05, 4.69) is 0 Å². The van der Waals surface area contributed by atoms with Gasteiger partial charge in [0.2, 0.25) is 5.72 Å². The molecule has 0 radical (unpaired) electrons. The number of fused-ring (bicyclic) bond motifs is 1. The van der Waals surface area contributed by atoms with Gasteiger partial charge in [0.05, 0.1) is 4.88 Å². The first-order valence-electron chi connectivity index (χ1n) is 5.71. The van der Waals surface area contributed by atoms with Crippen molar-refractivity contribution in [3.05, 3.63) is 57.3 Å². The zero-order valence-corrected chi connectivity index (χ0v) is 11.0. The quantitative estimate of drug-likeness (QED) is 0.854. The fraction of sp³-hybridized carbons (Fsp3) is 0.214. The molecule has 0 aliphatic carbocycles. The lowest BCUT2D eigenvalue weighted by Gasteiger charge is -2.30. The van der Waals surface area contributed by atoms with Gasteiger partial charge in [0.1, 0.15) is 0 Å². The maximum absolute atomic E-state index is 12.2. The van der Waals surface area contributed by atoms with E-state index in [9.17, 15) is 9.90 Å². The first kappa shape index (κ1) is 11.4. The summed E-state index contributed by atoms with van der Waals surface area (Å²) in [7, 11) is 1.64. The zero-order chi connectivity index (χ0) is 12.9. The number of aryl methyl sites for hydroxylation is 1. The Morgan fingerprint density at radius 3 is 2.72 bits per heavy atom. The summed E-state index contributed by atoms with van der Waals surface area (Å²) in [6, 6.07) is 9.15. The lowest BCUT2D eigenvalue weighted by molar-refractivity contribution is -0.0341. The maximum Gasteiger partial charge on any atom is 0.256 e. The van der Waals surface area contributed by atoms with Crippen molar-refractivity contribution in [2.24, 2.45) is 0 Å². The second-order valence-electron chi connectivity index (χ2n) is 4.57. The number of rotatable bonds is 1. The van der Waals surface area contributed by atoms with Crippen LogP contribution >= 0.6 is 11.3 Å². The summed E-state index contributed by atoms with van der Waals surface area (Å²) < 4.78 is 0. The van der Waals surface area contributed by atoms with E-state index in [0.29, 0.717) is 11.1 Å². The van der Waals surface area contributed by atoms with E-state index in [1.807, 2.05) is 36.6 Å². The van der Waals surface area contributed by atoms with Crippen molar-refractivity contribution < 1.29 is 9.90 Å². The number of carbonyl (C=O) groups is 1. The van der Waals surface area contributed by atoms with Crippen molar-refractivity contribution in [2.75, 3.05) is 7.05 Å². The number of amides is 1. The van der Waals surface area contributed by atoms with Crippen LogP contribution in [0.2, 0.25) is 0 Å². The average Bonchev–Trinajstić information content (AvgIpc) is 2.89. The van der Waals surface area contributed by atoms with Crippen molar-refractivity contribution in [2.45, 2.75) is 12.6 Å². The monoisotopic (exact) mass is 259 g/mol. The molecule has 1 aromatic carbocycles. The topological polar surface area (TPSA) is 40.5 Å². The molecular formula is C14H13NO2S. The van der Waals surface area contributed by atoms with E-state index in [0.717, 1.165) is 10.4 Å². The molecule has 0 fully saturated rings. The van der Waals surface area contributed by atoms with Crippen LogP contribution in [0.4, 0.5) is 0 Å². The summed E-state index contributed by atoms with van der Waals surface area (Å²) in [6.07, 6.45) is 0. The van der Waals surface area contributed by atoms with E-state index in [-0.39, 0.29) is 5.91 Å². The summed E-state index contributed by atoms with van der Waals surface area (Å²) in [5.74, 6) is -0.140. The molecule has 1 atom stereocenters. The summed E-state index contributed by atoms with van der Waals surface area (Å²) in [6.45, 7) is 1.98. The second-order valence-corrected chi connectivity index (χ2v) is 5.48. The third-order valence-corrected chi connectivity index (χ3v) is 4.54. The highest BCUT2D eigenvalue weighted by Crippen LogP contribution is 2.43. The summed E-state index contributed by atoms with van der Waals surface area (Å²) in [5, 5.41) is 13.0. The lowest BCUT2D eigenvalue weighted by atomic mass is 9.99. The Balaban J connectivity index is 2.26. The van der Waals surface area contributed by atoms with Crippen molar-refractivity contribution in [3.8, 4) is 0 Å². The Kier molecular flexibility index (Phi) is 2.33. The summed E-state index contributed by atoms with van der Waals surface area (Å²) in [4.78, 5) is 14.3. The molecule has 2 heterocycles. The standard InChI is InChI=1S/C14H13NO2S/c1-9-7-12(18-8-9)14(17)11-6-4-3-5-10(11)13(16)15(14)2/h3-8,17H,1-2H3. The number of hydrogen-bond acceptors (Lipinski definition) is 3. The second kappa shape index (κ2) is 3.67. The van der Waals surface area contributed by atoms with Crippen LogP contribution < -0.4 is 0 Å².